The Labute approximate surface area is 132 Å². The zero-order valence-corrected chi connectivity index (χ0v) is 14.2. The van der Waals surface area contributed by atoms with Crippen molar-refractivity contribution < 1.29 is 4.79 Å². The Bertz CT molecular complexity index is 576. The number of carbonyl (C=O) groups is 1. The van der Waals surface area contributed by atoms with Gasteiger partial charge in [-0.15, -0.1) is 0 Å². The highest BCUT2D eigenvalue weighted by atomic mass is 16.2. The number of likely N-dealkylation sites (N-methyl/N-ethyl adjacent to an activating group) is 1. The summed E-state index contributed by atoms with van der Waals surface area (Å²) in [6.45, 7) is 8.43. The van der Waals surface area contributed by atoms with Crippen molar-refractivity contribution in [3.05, 3.63) is 34.2 Å². The topological polar surface area (TPSA) is 45.6 Å². The molecule has 122 valence electrons. The second-order valence-corrected chi connectivity index (χ2v) is 6.69. The number of amides is 1. The molecule has 0 saturated carbocycles. The number of hydrogen-bond acceptors (Lipinski definition) is 3. The average Bonchev–Trinajstić information content (AvgIpc) is 2.92. The quantitative estimate of drug-likeness (QED) is 0.847. The molecular formula is C17H27N3O2. The van der Waals surface area contributed by atoms with Gasteiger partial charge in [-0.3, -0.25) is 9.59 Å². The summed E-state index contributed by atoms with van der Waals surface area (Å²) in [6.07, 6.45) is 1.70. The molecule has 1 aliphatic rings. The minimum atomic E-state index is -0.114. The molecule has 5 nitrogen and oxygen atoms in total. The lowest BCUT2D eigenvalue weighted by Crippen LogP contribution is -2.37. The zero-order chi connectivity index (χ0) is 16.4. The molecule has 2 heterocycles. The second kappa shape index (κ2) is 6.65. The number of aryl methyl sites for hydroxylation is 1. The van der Waals surface area contributed by atoms with Crippen molar-refractivity contribution in [2.75, 3.05) is 27.2 Å². The van der Waals surface area contributed by atoms with Crippen molar-refractivity contribution in [1.82, 2.24) is 14.4 Å². The highest BCUT2D eigenvalue weighted by Crippen LogP contribution is 2.28. The molecule has 1 aliphatic heterocycles. The molecule has 0 aromatic carbocycles. The lowest BCUT2D eigenvalue weighted by atomic mass is 9.91. The van der Waals surface area contributed by atoms with Gasteiger partial charge in [0.25, 0.3) is 11.5 Å². The van der Waals surface area contributed by atoms with E-state index < -0.39 is 0 Å². The van der Waals surface area contributed by atoms with Gasteiger partial charge in [-0.05, 0) is 38.9 Å². The van der Waals surface area contributed by atoms with E-state index in [4.69, 9.17) is 0 Å². The number of nitrogens with zero attached hydrogens (tertiary/aromatic N) is 3. The average molecular weight is 305 g/mol. The number of aromatic nitrogens is 1. The smallest absolute Gasteiger partial charge is 0.254 e. The van der Waals surface area contributed by atoms with Crippen molar-refractivity contribution in [1.29, 1.82) is 0 Å². The van der Waals surface area contributed by atoms with Gasteiger partial charge < -0.3 is 14.4 Å². The summed E-state index contributed by atoms with van der Waals surface area (Å²) >= 11 is 0. The van der Waals surface area contributed by atoms with Crippen LogP contribution in [0.25, 0.3) is 0 Å². The lowest BCUT2D eigenvalue weighted by Gasteiger charge is -2.27. The van der Waals surface area contributed by atoms with Gasteiger partial charge in [0.15, 0.2) is 0 Å². The Morgan fingerprint density at radius 2 is 2.05 bits per heavy atom. The lowest BCUT2D eigenvalue weighted by molar-refractivity contribution is 0.0779. The number of rotatable bonds is 4. The highest BCUT2D eigenvalue weighted by molar-refractivity contribution is 5.94. The van der Waals surface area contributed by atoms with Gasteiger partial charge in [0.05, 0.1) is 0 Å². The minimum Gasteiger partial charge on any atom is -0.337 e. The van der Waals surface area contributed by atoms with E-state index in [1.165, 1.54) is 6.07 Å². The molecule has 22 heavy (non-hydrogen) atoms. The van der Waals surface area contributed by atoms with Gasteiger partial charge >= 0.3 is 0 Å². The maximum absolute atomic E-state index is 12.7. The summed E-state index contributed by atoms with van der Waals surface area (Å²) in [4.78, 5) is 28.7. The second-order valence-electron chi connectivity index (χ2n) is 6.69. The van der Waals surface area contributed by atoms with Gasteiger partial charge in [0.2, 0.25) is 0 Å². The van der Waals surface area contributed by atoms with Crippen molar-refractivity contribution >= 4 is 5.91 Å². The summed E-state index contributed by atoms with van der Waals surface area (Å²) < 4.78 is 1.60. The van der Waals surface area contributed by atoms with Gasteiger partial charge in [-0.1, -0.05) is 13.8 Å². The molecule has 5 heteroatoms. The molecule has 0 aliphatic carbocycles. The third kappa shape index (κ3) is 3.24. The molecule has 2 atom stereocenters. The molecule has 0 bridgehead atoms. The Hall–Kier alpha value is -1.62. The monoisotopic (exact) mass is 305 g/mol. The van der Waals surface area contributed by atoms with E-state index in [1.54, 1.807) is 16.8 Å². The van der Waals surface area contributed by atoms with Crippen LogP contribution in [0, 0.1) is 11.8 Å². The van der Waals surface area contributed by atoms with Crippen molar-refractivity contribution in [3.63, 3.8) is 0 Å². The molecule has 1 fully saturated rings. The van der Waals surface area contributed by atoms with Crippen LogP contribution in [0.1, 0.15) is 31.1 Å². The Morgan fingerprint density at radius 3 is 2.50 bits per heavy atom. The van der Waals surface area contributed by atoms with Gasteiger partial charge in [0.1, 0.15) is 0 Å². The van der Waals surface area contributed by atoms with Crippen LogP contribution < -0.4 is 5.56 Å². The Kier molecular flexibility index (Phi) is 5.06. The van der Waals surface area contributed by atoms with Crippen LogP contribution >= 0.6 is 0 Å². The fourth-order valence-electron chi connectivity index (χ4n) is 3.26. The third-order valence-corrected chi connectivity index (χ3v) is 4.72. The van der Waals surface area contributed by atoms with Crippen molar-refractivity contribution in [2.24, 2.45) is 11.8 Å². The van der Waals surface area contributed by atoms with Crippen LogP contribution in [-0.4, -0.2) is 53.5 Å². The first-order chi connectivity index (χ1) is 10.3. The van der Waals surface area contributed by atoms with E-state index in [-0.39, 0.29) is 11.5 Å². The molecule has 1 amide bonds. The van der Waals surface area contributed by atoms with Crippen LogP contribution in [-0.2, 0) is 6.54 Å². The molecule has 1 aromatic heterocycles. The summed E-state index contributed by atoms with van der Waals surface area (Å²) in [6, 6.07) is 3.58. The van der Waals surface area contributed by atoms with Gasteiger partial charge in [-0.25, -0.2) is 0 Å². The van der Waals surface area contributed by atoms with E-state index in [0.717, 1.165) is 13.1 Å². The van der Waals surface area contributed by atoms with Crippen LogP contribution in [0.5, 0.6) is 0 Å². The first-order valence-corrected chi connectivity index (χ1v) is 8.01. The van der Waals surface area contributed by atoms with Crippen molar-refractivity contribution in [2.45, 2.75) is 33.4 Å². The highest BCUT2D eigenvalue weighted by Gasteiger charge is 2.38. The summed E-state index contributed by atoms with van der Waals surface area (Å²) in [5.74, 6) is 0.962. The summed E-state index contributed by atoms with van der Waals surface area (Å²) in [5, 5.41) is 0. The Balaban J connectivity index is 2.20. The SMILES string of the molecule is CCn1ccc(C(=O)N2C[C@@H](N(C)C)[C@H](C(C)C)C2)cc1=O. The fraction of sp³-hybridized carbons (Fsp3) is 0.647. The number of pyridine rings is 1. The standard InChI is InChI=1S/C17H27N3O2/c1-6-19-8-7-13(9-16(19)21)17(22)20-10-14(12(2)3)15(11-20)18(4)5/h7-9,12,14-15H,6,10-11H2,1-5H3/t14-,15+/m0/s1. The summed E-state index contributed by atoms with van der Waals surface area (Å²) in [5.41, 5.74) is 0.383. The first kappa shape index (κ1) is 16.7. The third-order valence-electron chi connectivity index (χ3n) is 4.72. The van der Waals surface area contributed by atoms with Crippen LogP contribution in [0.4, 0.5) is 0 Å². The molecule has 0 unspecified atom stereocenters. The molecule has 1 saturated heterocycles. The largest absolute Gasteiger partial charge is 0.337 e. The van der Waals surface area contributed by atoms with Crippen molar-refractivity contribution in [3.8, 4) is 0 Å². The van der Waals surface area contributed by atoms with E-state index >= 15 is 0 Å². The van der Waals surface area contributed by atoms with Crippen LogP contribution in [0.15, 0.2) is 23.1 Å². The number of hydrogen-bond donors (Lipinski definition) is 0. The molecule has 0 N–H and O–H groups in total. The predicted molar refractivity (Wildman–Crippen MR) is 88.1 cm³/mol. The Morgan fingerprint density at radius 1 is 1.36 bits per heavy atom. The fourth-order valence-corrected chi connectivity index (χ4v) is 3.26. The molecule has 2 rings (SSSR count). The first-order valence-electron chi connectivity index (χ1n) is 8.01. The van der Waals surface area contributed by atoms with E-state index in [1.807, 2.05) is 11.8 Å². The number of likely N-dealkylation sites (tertiary alicyclic amines) is 1. The van der Waals surface area contributed by atoms with Gasteiger partial charge in [-0.2, -0.15) is 0 Å². The zero-order valence-electron chi connectivity index (χ0n) is 14.2. The van der Waals surface area contributed by atoms with E-state index in [0.29, 0.717) is 30.0 Å². The predicted octanol–water partition coefficient (Wildman–Crippen LogP) is 1.53. The van der Waals surface area contributed by atoms with Crippen LogP contribution in [0.3, 0.4) is 0 Å². The van der Waals surface area contributed by atoms with E-state index in [2.05, 4.69) is 32.8 Å². The number of carbonyl (C=O) groups excluding carboxylic acids is 1. The maximum Gasteiger partial charge on any atom is 0.254 e. The van der Waals surface area contributed by atoms with Crippen LogP contribution in [0.2, 0.25) is 0 Å². The molecule has 0 spiro atoms. The molecule has 1 aromatic rings. The maximum atomic E-state index is 12.7. The normalized spacial score (nSPS) is 21.9. The summed E-state index contributed by atoms with van der Waals surface area (Å²) in [7, 11) is 4.13. The van der Waals surface area contributed by atoms with E-state index in [9.17, 15) is 9.59 Å². The molecular weight excluding hydrogens is 278 g/mol. The molecule has 0 radical (unpaired) electrons. The minimum absolute atomic E-state index is 0.0321. The van der Waals surface area contributed by atoms with Gasteiger partial charge in [0, 0.05) is 43.5 Å².